The first-order valence-electron chi connectivity index (χ1n) is 3.76. The Balaban J connectivity index is 5.20. The summed E-state index contributed by atoms with van der Waals surface area (Å²) in [4.78, 5) is 17.1. The molecule has 18 heavy (non-hydrogen) atoms. The number of aliphatic hydroxyl groups is 1. The van der Waals surface area contributed by atoms with Gasteiger partial charge in [-0.05, 0) is 0 Å². The Bertz CT molecular complexity index is 430. The Morgan fingerprint density at radius 2 is 1.56 bits per heavy atom. The molecule has 106 valence electrons. The largest absolute Gasteiger partial charge is 0.523 e. The Labute approximate surface area is 96.4 Å². The molecule has 0 aliphatic rings. The molecule has 0 rings (SSSR count). The van der Waals surface area contributed by atoms with Gasteiger partial charge in [-0.25, -0.2) is 4.18 Å². The first-order chi connectivity index (χ1) is 7.90. The standard InChI is InChI=1S/C4H5F3N2O8S/c5-4(6,7)18(15,16)17-2-3(1-10,8(11)12)9(13)14/h10H,1-2H2. The van der Waals surface area contributed by atoms with Gasteiger partial charge in [0.2, 0.25) is 6.61 Å². The lowest BCUT2D eigenvalue weighted by Gasteiger charge is -2.15. The van der Waals surface area contributed by atoms with Crippen LogP contribution in [0.15, 0.2) is 0 Å². The van der Waals surface area contributed by atoms with E-state index in [1.807, 2.05) is 0 Å². The SMILES string of the molecule is O=[N+]([O-])C(CO)(COS(=O)(=O)C(F)(F)F)[N+](=O)[O-]. The molecular weight excluding hydrogens is 293 g/mol. The molecule has 0 saturated heterocycles. The van der Waals surface area contributed by atoms with Gasteiger partial charge in [-0.2, -0.15) is 21.6 Å². The lowest BCUT2D eigenvalue weighted by atomic mass is 10.2. The second kappa shape index (κ2) is 4.99. The van der Waals surface area contributed by atoms with Gasteiger partial charge < -0.3 is 5.11 Å². The van der Waals surface area contributed by atoms with Crippen LogP contribution in [0.25, 0.3) is 0 Å². The fourth-order valence-electron chi connectivity index (χ4n) is 0.572. The first-order valence-corrected chi connectivity index (χ1v) is 5.17. The molecule has 0 unspecified atom stereocenters. The zero-order chi connectivity index (χ0) is 14.8. The third-order valence-electron chi connectivity index (χ3n) is 1.66. The third-order valence-corrected chi connectivity index (χ3v) is 2.66. The molecule has 0 aliphatic carbocycles. The molecule has 0 saturated carbocycles. The van der Waals surface area contributed by atoms with E-state index in [0.29, 0.717) is 0 Å². The predicted molar refractivity (Wildman–Crippen MR) is 44.7 cm³/mol. The summed E-state index contributed by atoms with van der Waals surface area (Å²) in [5.74, 6) is 0. The highest BCUT2D eigenvalue weighted by molar-refractivity contribution is 7.87. The fourth-order valence-corrected chi connectivity index (χ4v) is 1.05. The smallest absolute Gasteiger partial charge is 0.382 e. The molecule has 0 fully saturated rings. The van der Waals surface area contributed by atoms with E-state index in [4.69, 9.17) is 5.11 Å². The van der Waals surface area contributed by atoms with E-state index in [1.165, 1.54) is 0 Å². The summed E-state index contributed by atoms with van der Waals surface area (Å²) in [7, 11) is -6.23. The van der Waals surface area contributed by atoms with E-state index in [2.05, 4.69) is 4.18 Å². The van der Waals surface area contributed by atoms with Crippen LogP contribution < -0.4 is 0 Å². The second-order valence-corrected chi connectivity index (χ2v) is 4.42. The zero-order valence-electron chi connectivity index (χ0n) is 8.16. The topological polar surface area (TPSA) is 150 Å². The summed E-state index contributed by atoms with van der Waals surface area (Å²) < 4.78 is 59.3. The minimum absolute atomic E-state index is 1.75. The number of nitrogens with zero attached hydrogens (tertiary/aromatic N) is 2. The highest BCUT2D eigenvalue weighted by Crippen LogP contribution is 2.26. The average molecular weight is 298 g/mol. The van der Waals surface area contributed by atoms with Crippen molar-refractivity contribution in [3.63, 3.8) is 0 Å². The summed E-state index contributed by atoms with van der Waals surface area (Å²) >= 11 is 0. The van der Waals surface area contributed by atoms with E-state index in [1.54, 1.807) is 0 Å². The number of hydrogen-bond donors (Lipinski definition) is 1. The molecule has 0 bridgehead atoms. The van der Waals surface area contributed by atoms with Gasteiger partial charge in [-0.15, -0.1) is 0 Å². The maximum absolute atomic E-state index is 11.8. The molecule has 0 spiro atoms. The van der Waals surface area contributed by atoms with Crippen LogP contribution in [0.2, 0.25) is 0 Å². The van der Waals surface area contributed by atoms with Crippen molar-refractivity contribution >= 4 is 10.1 Å². The van der Waals surface area contributed by atoms with Crippen molar-refractivity contribution in [2.45, 2.75) is 11.2 Å². The Hall–Kier alpha value is -1.54. The molecule has 0 atom stereocenters. The lowest BCUT2D eigenvalue weighted by Crippen LogP contribution is -2.54. The third kappa shape index (κ3) is 3.02. The van der Waals surface area contributed by atoms with E-state index >= 15 is 0 Å². The van der Waals surface area contributed by atoms with Crippen molar-refractivity contribution in [2.75, 3.05) is 13.2 Å². The van der Waals surface area contributed by atoms with Gasteiger partial charge in [0.05, 0.1) is 0 Å². The quantitative estimate of drug-likeness (QED) is 0.218. The van der Waals surface area contributed by atoms with Gasteiger partial charge in [-0.3, -0.25) is 20.2 Å². The Kier molecular flexibility index (Phi) is 4.56. The number of nitro groups is 2. The maximum Gasteiger partial charge on any atom is 0.523 e. The van der Waals surface area contributed by atoms with E-state index in [-0.39, 0.29) is 0 Å². The van der Waals surface area contributed by atoms with Crippen LogP contribution in [-0.2, 0) is 14.3 Å². The van der Waals surface area contributed by atoms with Crippen LogP contribution in [-0.4, -0.2) is 47.8 Å². The first kappa shape index (κ1) is 16.5. The van der Waals surface area contributed by atoms with Crippen LogP contribution in [0.4, 0.5) is 13.2 Å². The molecule has 0 radical (unpaired) electrons. The normalized spacial score (nSPS) is 13.3. The number of rotatable bonds is 6. The molecule has 0 aromatic carbocycles. The summed E-state index contributed by atoms with van der Waals surface area (Å²) in [6.45, 7) is -3.94. The van der Waals surface area contributed by atoms with E-state index in [9.17, 15) is 41.8 Å². The Morgan fingerprint density at radius 1 is 1.17 bits per heavy atom. The lowest BCUT2D eigenvalue weighted by molar-refractivity contribution is -0.799. The minimum Gasteiger partial charge on any atom is -0.382 e. The van der Waals surface area contributed by atoms with Crippen molar-refractivity contribution in [3.8, 4) is 0 Å². The molecule has 0 amide bonds. The van der Waals surface area contributed by atoms with Gasteiger partial charge in [-0.1, -0.05) is 0 Å². The van der Waals surface area contributed by atoms with Crippen LogP contribution in [0.1, 0.15) is 0 Å². The summed E-state index contributed by atoms with van der Waals surface area (Å²) in [5, 5.41) is 29.1. The number of halogens is 3. The second-order valence-electron chi connectivity index (χ2n) is 2.82. The van der Waals surface area contributed by atoms with Gasteiger partial charge in [0.25, 0.3) is 0 Å². The van der Waals surface area contributed by atoms with E-state index < -0.39 is 44.3 Å². The van der Waals surface area contributed by atoms with Crippen molar-refractivity contribution in [1.29, 1.82) is 0 Å². The van der Waals surface area contributed by atoms with Crippen LogP contribution >= 0.6 is 0 Å². The van der Waals surface area contributed by atoms with Gasteiger partial charge in [0.15, 0.2) is 6.61 Å². The highest BCUT2D eigenvalue weighted by Gasteiger charge is 2.59. The molecule has 10 nitrogen and oxygen atoms in total. The van der Waals surface area contributed by atoms with Gasteiger partial charge in [0.1, 0.15) is 9.85 Å². The molecule has 0 aromatic rings. The summed E-state index contributed by atoms with van der Waals surface area (Å²) in [6.07, 6.45) is 0. The molecule has 14 heteroatoms. The number of hydrogen-bond acceptors (Lipinski definition) is 8. The van der Waals surface area contributed by atoms with Crippen molar-refractivity contribution < 1.29 is 40.7 Å². The van der Waals surface area contributed by atoms with Crippen LogP contribution in [0.5, 0.6) is 0 Å². The molecule has 1 N–H and O–H groups in total. The highest BCUT2D eigenvalue weighted by atomic mass is 32.2. The summed E-state index contributed by atoms with van der Waals surface area (Å²) in [6, 6.07) is 0. The van der Waals surface area contributed by atoms with E-state index in [0.717, 1.165) is 0 Å². The summed E-state index contributed by atoms with van der Waals surface area (Å²) in [5.41, 5.74) is -9.47. The Morgan fingerprint density at radius 3 is 1.78 bits per heavy atom. The number of alkyl halides is 3. The van der Waals surface area contributed by atoms with Crippen molar-refractivity contribution in [3.05, 3.63) is 20.2 Å². The fraction of sp³-hybridized carbons (Fsp3) is 1.00. The molecule has 0 heterocycles. The average Bonchev–Trinajstić information content (AvgIpc) is 2.16. The van der Waals surface area contributed by atoms with Gasteiger partial charge in [0, 0.05) is 0 Å². The molecule has 0 aromatic heterocycles. The van der Waals surface area contributed by atoms with Crippen molar-refractivity contribution in [2.24, 2.45) is 0 Å². The predicted octanol–water partition coefficient (Wildman–Crippen LogP) is -0.905. The number of aliphatic hydroxyl groups excluding tert-OH is 1. The monoisotopic (exact) mass is 298 g/mol. The zero-order valence-corrected chi connectivity index (χ0v) is 8.97. The van der Waals surface area contributed by atoms with Crippen molar-refractivity contribution in [1.82, 2.24) is 0 Å². The molecular formula is C4H5F3N2O8S. The minimum atomic E-state index is -6.23. The van der Waals surface area contributed by atoms with Gasteiger partial charge >= 0.3 is 21.3 Å². The molecule has 0 aliphatic heterocycles. The maximum atomic E-state index is 11.8. The van der Waals surface area contributed by atoms with Crippen LogP contribution in [0.3, 0.4) is 0 Å². The van der Waals surface area contributed by atoms with Crippen LogP contribution in [0, 0.1) is 20.2 Å².